The van der Waals surface area contributed by atoms with E-state index in [0.29, 0.717) is 18.0 Å². The topological polar surface area (TPSA) is 60.5 Å². The molecule has 0 aliphatic heterocycles. The number of pyridine rings is 1. The Morgan fingerprint density at radius 2 is 1.96 bits per heavy atom. The van der Waals surface area contributed by atoms with Gasteiger partial charge in [0.1, 0.15) is 0 Å². The van der Waals surface area contributed by atoms with Crippen LogP contribution in [0.5, 0.6) is 11.5 Å². The number of hydrogen-bond donors (Lipinski definition) is 1. The number of hydrogen-bond acceptors (Lipinski definition) is 4. The van der Waals surface area contributed by atoms with Crippen molar-refractivity contribution in [3.05, 3.63) is 53.9 Å². The van der Waals surface area contributed by atoms with Crippen LogP contribution in [0, 0.1) is 0 Å². The summed E-state index contributed by atoms with van der Waals surface area (Å²) >= 11 is 0. The highest BCUT2D eigenvalue weighted by molar-refractivity contribution is 5.91. The summed E-state index contributed by atoms with van der Waals surface area (Å²) in [6.07, 6.45) is 3.41. The molecule has 1 heterocycles. The highest BCUT2D eigenvalue weighted by Gasteiger charge is 2.51. The molecule has 1 N–H and O–H groups in total. The molecule has 1 aliphatic rings. The van der Waals surface area contributed by atoms with E-state index in [0.717, 1.165) is 24.1 Å². The van der Waals surface area contributed by atoms with Gasteiger partial charge in [0, 0.05) is 6.20 Å². The Labute approximate surface area is 135 Å². The second kappa shape index (κ2) is 6.28. The van der Waals surface area contributed by atoms with E-state index in [-0.39, 0.29) is 5.91 Å². The smallest absolute Gasteiger partial charge is 0.230 e. The third-order valence-corrected chi connectivity index (χ3v) is 4.28. The number of amides is 1. The summed E-state index contributed by atoms with van der Waals surface area (Å²) in [4.78, 5) is 16.9. The number of aromatic nitrogens is 1. The molecule has 1 aromatic heterocycles. The minimum Gasteiger partial charge on any atom is -0.493 e. The van der Waals surface area contributed by atoms with Crippen molar-refractivity contribution in [2.75, 3.05) is 14.2 Å². The maximum atomic E-state index is 12.6. The molecule has 0 saturated heterocycles. The number of nitrogens with zero attached hydrogens (tertiary/aromatic N) is 1. The van der Waals surface area contributed by atoms with Crippen molar-refractivity contribution in [1.82, 2.24) is 10.3 Å². The highest BCUT2D eigenvalue weighted by Crippen LogP contribution is 2.50. The maximum Gasteiger partial charge on any atom is 0.230 e. The van der Waals surface area contributed by atoms with Gasteiger partial charge in [-0.2, -0.15) is 0 Å². The fraction of sp³-hybridized carbons (Fsp3) is 0.333. The molecule has 1 amide bonds. The predicted octanol–water partition coefficient (Wildman–Crippen LogP) is 2.45. The molecule has 0 unspecified atom stereocenters. The standard InChI is InChI=1S/C18H20N2O3/c1-22-15-7-6-13(11-16(15)23-2)18(8-9-18)17(21)20-12-14-5-3-4-10-19-14/h3-7,10-11H,8-9,12H2,1-2H3,(H,20,21). The van der Waals surface area contributed by atoms with Gasteiger partial charge in [0.25, 0.3) is 0 Å². The molecule has 1 fully saturated rings. The lowest BCUT2D eigenvalue weighted by atomic mass is 9.94. The van der Waals surface area contributed by atoms with Crippen LogP contribution in [-0.2, 0) is 16.8 Å². The van der Waals surface area contributed by atoms with Gasteiger partial charge in [-0.3, -0.25) is 9.78 Å². The van der Waals surface area contributed by atoms with E-state index in [1.807, 2.05) is 36.4 Å². The van der Waals surface area contributed by atoms with Crippen molar-refractivity contribution in [3.8, 4) is 11.5 Å². The quantitative estimate of drug-likeness (QED) is 0.890. The first-order valence-corrected chi connectivity index (χ1v) is 7.60. The van der Waals surface area contributed by atoms with Crippen molar-refractivity contribution >= 4 is 5.91 Å². The van der Waals surface area contributed by atoms with Crippen molar-refractivity contribution in [3.63, 3.8) is 0 Å². The summed E-state index contributed by atoms with van der Waals surface area (Å²) in [6.45, 7) is 0.439. The molecule has 1 aromatic carbocycles. The van der Waals surface area contributed by atoms with E-state index in [9.17, 15) is 4.79 Å². The van der Waals surface area contributed by atoms with Gasteiger partial charge in [-0.25, -0.2) is 0 Å². The van der Waals surface area contributed by atoms with Gasteiger partial charge in [-0.1, -0.05) is 12.1 Å². The molecule has 1 saturated carbocycles. The molecule has 0 bridgehead atoms. The molecule has 3 rings (SSSR count). The van der Waals surface area contributed by atoms with Crippen LogP contribution in [0.3, 0.4) is 0 Å². The van der Waals surface area contributed by atoms with E-state index >= 15 is 0 Å². The van der Waals surface area contributed by atoms with E-state index < -0.39 is 5.41 Å². The van der Waals surface area contributed by atoms with Gasteiger partial charge < -0.3 is 14.8 Å². The fourth-order valence-corrected chi connectivity index (χ4v) is 2.75. The minimum absolute atomic E-state index is 0.0374. The number of nitrogens with one attached hydrogen (secondary N) is 1. The summed E-state index contributed by atoms with van der Waals surface area (Å²) in [7, 11) is 3.20. The minimum atomic E-state index is -0.450. The number of rotatable bonds is 6. The third-order valence-electron chi connectivity index (χ3n) is 4.28. The first-order chi connectivity index (χ1) is 11.2. The van der Waals surface area contributed by atoms with Crippen molar-refractivity contribution in [1.29, 1.82) is 0 Å². The maximum absolute atomic E-state index is 12.6. The summed E-state index contributed by atoms with van der Waals surface area (Å²) in [5, 5.41) is 2.99. The number of carbonyl (C=O) groups is 1. The molecule has 0 atom stereocenters. The Morgan fingerprint density at radius 1 is 1.17 bits per heavy atom. The summed E-state index contributed by atoms with van der Waals surface area (Å²) in [5.41, 5.74) is 1.37. The highest BCUT2D eigenvalue weighted by atomic mass is 16.5. The number of benzene rings is 1. The molecule has 1 aliphatic carbocycles. The number of ether oxygens (including phenoxy) is 2. The molecule has 5 heteroatoms. The molecule has 5 nitrogen and oxygen atoms in total. The first-order valence-electron chi connectivity index (χ1n) is 7.60. The zero-order valence-electron chi connectivity index (χ0n) is 13.3. The second-order valence-corrected chi connectivity index (χ2v) is 5.66. The molecular weight excluding hydrogens is 292 g/mol. The summed E-state index contributed by atoms with van der Waals surface area (Å²) in [5.74, 6) is 1.35. The van der Waals surface area contributed by atoms with Gasteiger partial charge in [-0.15, -0.1) is 0 Å². The number of carbonyl (C=O) groups excluding carboxylic acids is 1. The SMILES string of the molecule is COc1ccc(C2(C(=O)NCc3ccccn3)CC2)cc1OC. The largest absolute Gasteiger partial charge is 0.493 e. The Balaban J connectivity index is 1.75. The van der Waals surface area contributed by atoms with E-state index in [1.165, 1.54) is 0 Å². The van der Waals surface area contributed by atoms with Crippen LogP contribution in [0.15, 0.2) is 42.6 Å². The first kappa shape index (κ1) is 15.3. The summed E-state index contributed by atoms with van der Waals surface area (Å²) < 4.78 is 10.6. The summed E-state index contributed by atoms with van der Waals surface area (Å²) in [6, 6.07) is 11.4. The van der Waals surface area contributed by atoms with Crippen LogP contribution in [0.25, 0.3) is 0 Å². The monoisotopic (exact) mass is 312 g/mol. The Morgan fingerprint density at radius 3 is 2.57 bits per heavy atom. The predicted molar refractivity (Wildman–Crippen MR) is 86.5 cm³/mol. The van der Waals surface area contributed by atoms with Gasteiger partial charge >= 0.3 is 0 Å². The van der Waals surface area contributed by atoms with Gasteiger partial charge in [-0.05, 0) is 42.7 Å². The molecule has 2 aromatic rings. The number of methoxy groups -OCH3 is 2. The average molecular weight is 312 g/mol. The van der Waals surface area contributed by atoms with Crippen LogP contribution in [0.1, 0.15) is 24.1 Å². The Bertz CT molecular complexity index is 697. The molecule has 0 radical (unpaired) electrons. The van der Waals surface area contributed by atoms with Crippen molar-refractivity contribution in [2.24, 2.45) is 0 Å². The Kier molecular flexibility index (Phi) is 4.19. The molecule has 23 heavy (non-hydrogen) atoms. The lowest BCUT2D eigenvalue weighted by molar-refractivity contribution is -0.123. The molecule has 120 valence electrons. The van der Waals surface area contributed by atoms with Crippen molar-refractivity contribution in [2.45, 2.75) is 24.8 Å². The van der Waals surface area contributed by atoms with Gasteiger partial charge in [0.15, 0.2) is 11.5 Å². The zero-order chi connectivity index (χ0) is 16.3. The zero-order valence-corrected chi connectivity index (χ0v) is 13.3. The van der Waals surface area contributed by atoms with Crippen LogP contribution >= 0.6 is 0 Å². The average Bonchev–Trinajstić information content (AvgIpc) is 3.42. The van der Waals surface area contributed by atoms with E-state index in [2.05, 4.69) is 10.3 Å². The Hall–Kier alpha value is -2.56. The van der Waals surface area contributed by atoms with E-state index in [1.54, 1.807) is 20.4 Å². The molecular formula is C18H20N2O3. The van der Waals surface area contributed by atoms with Crippen LogP contribution < -0.4 is 14.8 Å². The van der Waals surface area contributed by atoms with Crippen LogP contribution in [-0.4, -0.2) is 25.1 Å². The normalized spacial score (nSPS) is 14.9. The second-order valence-electron chi connectivity index (χ2n) is 5.66. The lowest BCUT2D eigenvalue weighted by Gasteiger charge is -2.17. The van der Waals surface area contributed by atoms with Gasteiger partial charge in [0.05, 0.1) is 31.9 Å². The molecule has 0 spiro atoms. The van der Waals surface area contributed by atoms with Gasteiger partial charge in [0.2, 0.25) is 5.91 Å². The van der Waals surface area contributed by atoms with Crippen LogP contribution in [0.2, 0.25) is 0 Å². The van der Waals surface area contributed by atoms with Crippen molar-refractivity contribution < 1.29 is 14.3 Å². The van der Waals surface area contributed by atoms with E-state index in [4.69, 9.17) is 9.47 Å². The third kappa shape index (κ3) is 2.99. The lowest BCUT2D eigenvalue weighted by Crippen LogP contribution is -2.34. The van der Waals surface area contributed by atoms with Crippen LogP contribution in [0.4, 0.5) is 0 Å². The fourth-order valence-electron chi connectivity index (χ4n) is 2.75.